The van der Waals surface area contributed by atoms with Crippen molar-refractivity contribution in [3.63, 3.8) is 0 Å². The molecule has 2 aromatic rings. The van der Waals surface area contributed by atoms with Crippen LogP contribution in [0.2, 0.25) is 0 Å². The van der Waals surface area contributed by atoms with Gasteiger partial charge in [0, 0.05) is 17.1 Å². The van der Waals surface area contributed by atoms with Gasteiger partial charge >= 0.3 is 0 Å². The van der Waals surface area contributed by atoms with Crippen molar-refractivity contribution in [1.29, 1.82) is 0 Å². The largest absolute Gasteiger partial charge is 0.460 e. The molecule has 32 heavy (non-hydrogen) atoms. The van der Waals surface area contributed by atoms with Crippen molar-refractivity contribution in [1.82, 2.24) is 4.98 Å². The zero-order valence-electron chi connectivity index (χ0n) is 16.8. The summed E-state index contributed by atoms with van der Waals surface area (Å²) >= 11 is 0. The smallest absolute Gasteiger partial charge is 0.229 e. The minimum Gasteiger partial charge on any atom is -0.460 e. The Morgan fingerprint density at radius 3 is 2.12 bits per heavy atom. The van der Waals surface area contributed by atoms with Crippen LogP contribution in [-0.4, -0.2) is 115 Å². The molecular weight excluding hydrogens is 430 g/mol. The maximum atomic E-state index is 10.3. The number of benzene rings is 1. The van der Waals surface area contributed by atoms with Crippen LogP contribution < -0.4 is 4.74 Å². The fourth-order valence-corrected chi connectivity index (χ4v) is 3.81. The summed E-state index contributed by atoms with van der Waals surface area (Å²) in [5.41, 5.74) is 0.788. The summed E-state index contributed by atoms with van der Waals surface area (Å²) in [4.78, 5) is 3.01. The van der Waals surface area contributed by atoms with Crippen LogP contribution >= 0.6 is 0 Å². The van der Waals surface area contributed by atoms with Crippen molar-refractivity contribution in [2.75, 3.05) is 13.2 Å². The van der Waals surface area contributed by atoms with E-state index in [1.807, 2.05) is 12.1 Å². The first-order valence-electron chi connectivity index (χ1n) is 10.2. The lowest BCUT2D eigenvalue weighted by molar-refractivity contribution is -0.323. The Kier molecular flexibility index (Phi) is 6.97. The first-order chi connectivity index (χ1) is 15.3. The lowest BCUT2D eigenvalue weighted by atomic mass is 9.98. The Morgan fingerprint density at radius 1 is 0.781 bits per heavy atom. The minimum absolute atomic E-state index is 0.363. The number of aromatic amines is 1. The van der Waals surface area contributed by atoms with E-state index in [0.717, 1.165) is 10.9 Å². The summed E-state index contributed by atoms with van der Waals surface area (Å²) in [6.45, 7) is -1.06. The molecule has 2 aliphatic rings. The van der Waals surface area contributed by atoms with Gasteiger partial charge in [0.25, 0.3) is 0 Å². The number of aliphatic hydroxyl groups excluding tert-OH is 7. The molecule has 0 bridgehead atoms. The molecule has 0 amide bonds. The molecule has 2 saturated heterocycles. The fraction of sp³-hybridized carbons (Fsp3) is 0.600. The zero-order chi connectivity index (χ0) is 23.0. The van der Waals surface area contributed by atoms with E-state index in [9.17, 15) is 35.7 Å². The highest BCUT2D eigenvalue weighted by Crippen LogP contribution is 2.30. The van der Waals surface area contributed by atoms with Crippen LogP contribution in [0.4, 0.5) is 0 Å². The summed E-state index contributed by atoms with van der Waals surface area (Å²) in [5.74, 6) is 0.363. The molecule has 12 heteroatoms. The molecule has 2 aliphatic heterocycles. The van der Waals surface area contributed by atoms with Crippen LogP contribution in [0, 0.1) is 0 Å². The molecule has 3 heterocycles. The van der Waals surface area contributed by atoms with E-state index >= 15 is 0 Å². The summed E-state index contributed by atoms with van der Waals surface area (Å²) in [6, 6.07) is 7.26. The van der Waals surface area contributed by atoms with E-state index in [2.05, 4.69) is 4.98 Å². The lowest BCUT2D eigenvalue weighted by Gasteiger charge is -2.42. The molecule has 0 saturated carbocycles. The second kappa shape index (κ2) is 9.57. The predicted octanol–water partition coefficient (Wildman–Crippen LogP) is -2.83. The topological polar surface area (TPSA) is 194 Å². The highest BCUT2D eigenvalue weighted by atomic mass is 16.7. The fourth-order valence-electron chi connectivity index (χ4n) is 3.81. The highest BCUT2D eigenvalue weighted by Gasteiger charge is 2.47. The van der Waals surface area contributed by atoms with Gasteiger partial charge in [0.1, 0.15) is 54.6 Å². The van der Waals surface area contributed by atoms with E-state index in [1.165, 1.54) is 0 Å². The van der Waals surface area contributed by atoms with Crippen LogP contribution in [0.3, 0.4) is 0 Å². The summed E-state index contributed by atoms with van der Waals surface area (Å²) in [5, 5.41) is 70.6. The molecule has 6 unspecified atom stereocenters. The number of para-hydroxylation sites is 1. The quantitative estimate of drug-likeness (QED) is 0.223. The van der Waals surface area contributed by atoms with Gasteiger partial charge in [-0.1, -0.05) is 12.1 Å². The SMILES string of the molecule is OCC1O[C@@H](OCC2O[C@@H](Oc3c[nH]c4ccccc34)C(O)C(O)[C@@H]2O)C(O)C(O)[C@@H]1O. The van der Waals surface area contributed by atoms with Gasteiger partial charge in [0.05, 0.1) is 13.2 Å². The zero-order valence-corrected chi connectivity index (χ0v) is 16.8. The Balaban J connectivity index is 1.43. The van der Waals surface area contributed by atoms with Crippen LogP contribution in [0.15, 0.2) is 30.5 Å². The Hall–Kier alpha value is -1.84. The van der Waals surface area contributed by atoms with Crippen LogP contribution in [0.5, 0.6) is 5.75 Å². The number of aliphatic hydroxyl groups is 7. The molecule has 2 fully saturated rings. The van der Waals surface area contributed by atoms with Gasteiger partial charge in [-0.25, -0.2) is 0 Å². The van der Waals surface area contributed by atoms with Crippen molar-refractivity contribution in [3.8, 4) is 5.75 Å². The number of hydrogen-bond acceptors (Lipinski definition) is 11. The number of fused-ring (bicyclic) bond motifs is 1. The molecule has 8 N–H and O–H groups in total. The molecule has 4 rings (SSSR count). The normalized spacial score (nSPS) is 40.5. The average molecular weight is 457 g/mol. The van der Waals surface area contributed by atoms with E-state index < -0.39 is 74.6 Å². The number of ether oxygens (including phenoxy) is 4. The van der Waals surface area contributed by atoms with Crippen molar-refractivity contribution >= 4 is 10.9 Å². The Bertz CT molecular complexity index is 891. The van der Waals surface area contributed by atoms with Gasteiger partial charge in [-0.2, -0.15) is 0 Å². The van der Waals surface area contributed by atoms with Crippen LogP contribution in [0.1, 0.15) is 0 Å². The molecule has 0 aliphatic carbocycles. The third-order valence-corrected chi connectivity index (χ3v) is 5.74. The Morgan fingerprint density at radius 2 is 1.41 bits per heavy atom. The summed E-state index contributed by atoms with van der Waals surface area (Å²) in [7, 11) is 0. The molecule has 1 aromatic carbocycles. The third kappa shape index (κ3) is 4.34. The van der Waals surface area contributed by atoms with Crippen LogP contribution in [0.25, 0.3) is 10.9 Å². The van der Waals surface area contributed by atoms with E-state index in [1.54, 1.807) is 18.3 Å². The van der Waals surface area contributed by atoms with Crippen molar-refractivity contribution in [3.05, 3.63) is 30.5 Å². The number of hydrogen-bond donors (Lipinski definition) is 8. The van der Waals surface area contributed by atoms with Crippen molar-refractivity contribution in [2.45, 2.75) is 61.4 Å². The number of aromatic nitrogens is 1. The Labute approximate surface area is 182 Å². The molecule has 0 radical (unpaired) electrons. The maximum absolute atomic E-state index is 10.3. The average Bonchev–Trinajstić information content (AvgIpc) is 3.21. The first-order valence-corrected chi connectivity index (χ1v) is 10.2. The van der Waals surface area contributed by atoms with E-state index in [-0.39, 0.29) is 0 Å². The number of nitrogens with one attached hydrogen (secondary N) is 1. The molecular formula is C20H27NO11. The van der Waals surface area contributed by atoms with Gasteiger partial charge in [-0.05, 0) is 12.1 Å². The molecule has 12 nitrogen and oxygen atoms in total. The second-order valence-corrected chi connectivity index (χ2v) is 7.86. The first kappa shape index (κ1) is 23.3. The minimum atomic E-state index is -1.64. The van der Waals surface area contributed by atoms with Crippen LogP contribution in [-0.2, 0) is 14.2 Å². The molecule has 10 atom stereocenters. The summed E-state index contributed by atoms with van der Waals surface area (Å²) < 4.78 is 22.0. The highest BCUT2D eigenvalue weighted by molar-refractivity contribution is 5.85. The lowest BCUT2D eigenvalue weighted by Crippen LogP contribution is -2.62. The predicted molar refractivity (Wildman–Crippen MR) is 105 cm³/mol. The third-order valence-electron chi connectivity index (χ3n) is 5.74. The number of rotatable bonds is 6. The van der Waals surface area contributed by atoms with E-state index in [4.69, 9.17) is 18.9 Å². The van der Waals surface area contributed by atoms with Gasteiger partial charge in [-0.3, -0.25) is 0 Å². The van der Waals surface area contributed by atoms with Gasteiger partial charge in [-0.15, -0.1) is 0 Å². The second-order valence-electron chi connectivity index (χ2n) is 7.86. The van der Waals surface area contributed by atoms with Gasteiger partial charge in [0.15, 0.2) is 6.29 Å². The van der Waals surface area contributed by atoms with Gasteiger partial charge < -0.3 is 59.7 Å². The number of H-pyrrole nitrogens is 1. The van der Waals surface area contributed by atoms with E-state index in [0.29, 0.717) is 5.75 Å². The van der Waals surface area contributed by atoms with Gasteiger partial charge in [0.2, 0.25) is 6.29 Å². The monoisotopic (exact) mass is 457 g/mol. The standard InChI is InChI=1S/C20H27NO11/c22-6-11-13(23)15(25)17(27)19(31-11)29-7-12-14(24)16(26)18(28)20(32-12)30-10-5-21-9-4-2-1-3-8(9)10/h1-5,11-28H,6-7H2/t11?,12?,13-,14-,15?,16?,17?,18?,19-,20-/m1/s1. The van der Waals surface area contributed by atoms with Crippen molar-refractivity contribution < 1.29 is 54.7 Å². The maximum Gasteiger partial charge on any atom is 0.229 e. The molecule has 178 valence electrons. The van der Waals surface area contributed by atoms with Crippen molar-refractivity contribution in [2.24, 2.45) is 0 Å². The molecule has 0 spiro atoms. The summed E-state index contributed by atoms with van der Waals surface area (Å²) in [6.07, 6.45) is -13.2. The molecule has 1 aromatic heterocycles.